The van der Waals surface area contributed by atoms with Crippen LogP contribution in [0.1, 0.15) is 32.6 Å². The number of hydrogen-bond acceptors (Lipinski definition) is 3. The molecular formula is C12H18N2O. The smallest absolute Gasteiger partial charge is 0.137 e. The molecule has 0 amide bonds. The summed E-state index contributed by atoms with van der Waals surface area (Å²) in [6, 6.07) is 3.84. The topological polar surface area (TPSA) is 48.1 Å². The quantitative estimate of drug-likeness (QED) is 0.806. The first kappa shape index (κ1) is 10.4. The lowest BCUT2D eigenvalue weighted by Gasteiger charge is -2.34. The summed E-state index contributed by atoms with van der Waals surface area (Å²) in [5.41, 5.74) is 6.07. The average molecular weight is 206 g/mol. The van der Waals surface area contributed by atoms with Crippen molar-refractivity contribution >= 4 is 0 Å². The van der Waals surface area contributed by atoms with E-state index in [9.17, 15) is 0 Å². The lowest BCUT2D eigenvalue weighted by Crippen LogP contribution is -2.42. The van der Waals surface area contributed by atoms with Crippen LogP contribution < -0.4 is 10.5 Å². The van der Waals surface area contributed by atoms with Gasteiger partial charge < -0.3 is 10.5 Å². The van der Waals surface area contributed by atoms with Gasteiger partial charge in [0.1, 0.15) is 5.75 Å². The van der Waals surface area contributed by atoms with Crippen molar-refractivity contribution in [1.29, 1.82) is 0 Å². The minimum atomic E-state index is 0.00873. The largest absolute Gasteiger partial charge is 0.489 e. The second kappa shape index (κ2) is 4.19. The summed E-state index contributed by atoms with van der Waals surface area (Å²) >= 11 is 0. The van der Waals surface area contributed by atoms with E-state index in [2.05, 4.69) is 11.9 Å². The molecule has 0 aliphatic heterocycles. The Bertz CT molecular complexity index is 301. The van der Waals surface area contributed by atoms with Crippen LogP contribution in [0.25, 0.3) is 0 Å². The van der Waals surface area contributed by atoms with E-state index in [0.29, 0.717) is 6.10 Å². The Kier molecular flexibility index (Phi) is 2.91. The van der Waals surface area contributed by atoms with Crippen molar-refractivity contribution in [1.82, 2.24) is 4.98 Å². The Morgan fingerprint density at radius 3 is 2.80 bits per heavy atom. The highest BCUT2D eigenvalue weighted by Crippen LogP contribution is 2.28. The van der Waals surface area contributed by atoms with E-state index in [0.717, 1.165) is 31.4 Å². The van der Waals surface area contributed by atoms with Crippen molar-refractivity contribution in [3.8, 4) is 5.75 Å². The normalized spacial score (nSPS) is 31.2. The zero-order chi connectivity index (χ0) is 10.7. The van der Waals surface area contributed by atoms with Crippen LogP contribution in [0.15, 0.2) is 24.5 Å². The van der Waals surface area contributed by atoms with Crippen LogP contribution >= 0.6 is 0 Å². The molecular weight excluding hydrogens is 188 g/mol. The van der Waals surface area contributed by atoms with E-state index in [-0.39, 0.29) is 5.54 Å². The predicted molar refractivity (Wildman–Crippen MR) is 59.7 cm³/mol. The molecule has 2 N–H and O–H groups in total. The minimum absolute atomic E-state index is 0.00873. The Morgan fingerprint density at radius 1 is 1.47 bits per heavy atom. The maximum Gasteiger partial charge on any atom is 0.137 e. The fraction of sp³-hybridized carbons (Fsp3) is 0.583. The predicted octanol–water partition coefficient (Wildman–Crippen LogP) is 2.12. The average Bonchev–Trinajstić information content (AvgIpc) is 2.23. The molecule has 0 radical (unpaired) electrons. The number of hydrogen-bond donors (Lipinski definition) is 1. The second-order valence-electron chi connectivity index (χ2n) is 4.66. The van der Waals surface area contributed by atoms with Crippen LogP contribution in [0.5, 0.6) is 5.75 Å². The summed E-state index contributed by atoms with van der Waals surface area (Å²) in [5, 5.41) is 0. The summed E-state index contributed by atoms with van der Waals surface area (Å²) in [6.45, 7) is 2.12. The van der Waals surface area contributed by atoms with E-state index < -0.39 is 0 Å². The highest BCUT2D eigenvalue weighted by atomic mass is 16.5. The molecule has 0 spiro atoms. The first-order valence-corrected chi connectivity index (χ1v) is 5.51. The molecule has 1 aromatic rings. The highest BCUT2D eigenvalue weighted by molar-refractivity contribution is 5.16. The van der Waals surface area contributed by atoms with Crippen molar-refractivity contribution < 1.29 is 4.74 Å². The molecule has 0 atom stereocenters. The first-order valence-electron chi connectivity index (χ1n) is 5.51. The molecule has 1 saturated carbocycles. The third kappa shape index (κ3) is 2.93. The third-order valence-corrected chi connectivity index (χ3v) is 3.01. The van der Waals surface area contributed by atoms with Crippen LogP contribution in [-0.2, 0) is 0 Å². The van der Waals surface area contributed by atoms with E-state index >= 15 is 0 Å². The summed E-state index contributed by atoms with van der Waals surface area (Å²) < 4.78 is 5.83. The van der Waals surface area contributed by atoms with Crippen molar-refractivity contribution in [2.45, 2.75) is 44.2 Å². The number of ether oxygens (including phenoxy) is 1. The molecule has 1 aliphatic rings. The molecule has 1 heterocycles. The van der Waals surface area contributed by atoms with E-state index in [1.807, 2.05) is 12.1 Å². The van der Waals surface area contributed by atoms with Gasteiger partial charge in [-0.3, -0.25) is 4.98 Å². The summed E-state index contributed by atoms with van der Waals surface area (Å²) in [5.74, 6) is 0.864. The lowest BCUT2D eigenvalue weighted by molar-refractivity contribution is 0.124. The molecule has 3 nitrogen and oxygen atoms in total. The number of nitrogens with zero attached hydrogens (tertiary/aromatic N) is 1. The zero-order valence-corrected chi connectivity index (χ0v) is 9.15. The first-order chi connectivity index (χ1) is 7.16. The molecule has 0 aromatic carbocycles. The molecule has 0 unspecified atom stereocenters. The molecule has 1 aliphatic carbocycles. The number of pyridine rings is 1. The highest BCUT2D eigenvalue weighted by Gasteiger charge is 2.28. The standard InChI is InChI=1S/C12H18N2O/c1-12(13)6-4-10(5-7-12)15-11-3-2-8-14-9-11/h2-3,8-10H,4-7,13H2,1H3. The Morgan fingerprint density at radius 2 is 2.20 bits per heavy atom. The van der Waals surface area contributed by atoms with Crippen LogP contribution in [0, 0.1) is 0 Å². The molecule has 0 bridgehead atoms. The number of rotatable bonds is 2. The fourth-order valence-electron chi connectivity index (χ4n) is 1.98. The van der Waals surface area contributed by atoms with E-state index in [1.165, 1.54) is 0 Å². The molecule has 0 saturated heterocycles. The van der Waals surface area contributed by atoms with Crippen LogP contribution in [-0.4, -0.2) is 16.6 Å². The van der Waals surface area contributed by atoms with Crippen LogP contribution in [0.2, 0.25) is 0 Å². The SMILES string of the molecule is CC1(N)CCC(Oc2cccnc2)CC1. The fourth-order valence-corrected chi connectivity index (χ4v) is 1.98. The van der Waals surface area contributed by atoms with Crippen LogP contribution in [0.4, 0.5) is 0 Å². The minimum Gasteiger partial charge on any atom is -0.489 e. The van der Waals surface area contributed by atoms with E-state index in [1.54, 1.807) is 12.4 Å². The number of nitrogens with two attached hydrogens (primary N) is 1. The second-order valence-corrected chi connectivity index (χ2v) is 4.66. The summed E-state index contributed by atoms with van der Waals surface area (Å²) in [4.78, 5) is 4.03. The monoisotopic (exact) mass is 206 g/mol. The number of aromatic nitrogens is 1. The van der Waals surface area contributed by atoms with Crippen LogP contribution in [0.3, 0.4) is 0 Å². The van der Waals surface area contributed by atoms with Gasteiger partial charge in [-0.15, -0.1) is 0 Å². The summed E-state index contributed by atoms with van der Waals surface area (Å²) in [7, 11) is 0. The van der Waals surface area contributed by atoms with Gasteiger partial charge in [-0.05, 0) is 44.7 Å². The van der Waals surface area contributed by atoms with Crippen molar-refractivity contribution in [3.63, 3.8) is 0 Å². The van der Waals surface area contributed by atoms with Gasteiger partial charge in [0, 0.05) is 11.7 Å². The third-order valence-electron chi connectivity index (χ3n) is 3.01. The molecule has 2 rings (SSSR count). The zero-order valence-electron chi connectivity index (χ0n) is 9.15. The van der Waals surface area contributed by atoms with Gasteiger partial charge in [0.15, 0.2) is 0 Å². The van der Waals surface area contributed by atoms with Crippen molar-refractivity contribution in [3.05, 3.63) is 24.5 Å². The van der Waals surface area contributed by atoms with Gasteiger partial charge in [-0.1, -0.05) is 0 Å². The van der Waals surface area contributed by atoms with Gasteiger partial charge in [0.2, 0.25) is 0 Å². The molecule has 3 heteroatoms. The maximum absolute atomic E-state index is 6.07. The van der Waals surface area contributed by atoms with Gasteiger partial charge in [-0.2, -0.15) is 0 Å². The molecule has 1 fully saturated rings. The van der Waals surface area contributed by atoms with Gasteiger partial charge in [0.05, 0.1) is 12.3 Å². The Balaban J connectivity index is 1.88. The summed E-state index contributed by atoms with van der Waals surface area (Å²) in [6.07, 6.45) is 7.99. The van der Waals surface area contributed by atoms with Crippen molar-refractivity contribution in [2.75, 3.05) is 0 Å². The van der Waals surface area contributed by atoms with Gasteiger partial charge >= 0.3 is 0 Å². The van der Waals surface area contributed by atoms with E-state index in [4.69, 9.17) is 10.5 Å². The lowest BCUT2D eigenvalue weighted by atomic mass is 9.83. The van der Waals surface area contributed by atoms with Gasteiger partial charge in [0.25, 0.3) is 0 Å². The van der Waals surface area contributed by atoms with Gasteiger partial charge in [-0.25, -0.2) is 0 Å². The molecule has 15 heavy (non-hydrogen) atoms. The molecule has 82 valence electrons. The Labute approximate surface area is 90.7 Å². The molecule has 1 aromatic heterocycles. The van der Waals surface area contributed by atoms with Crippen molar-refractivity contribution in [2.24, 2.45) is 5.73 Å². The Hall–Kier alpha value is -1.09. The maximum atomic E-state index is 6.07.